The lowest BCUT2D eigenvalue weighted by molar-refractivity contribution is 0.0516. The molecule has 0 aliphatic rings. The predicted octanol–water partition coefficient (Wildman–Crippen LogP) is 7.74. The quantitative estimate of drug-likeness (QED) is 0.0549. The third kappa shape index (κ3) is 14.1. The van der Waals surface area contributed by atoms with Crippen molar-refractivity contribution < 1.29 is 32.7 Å². The molecule has 0 spiro atoms. The monoisotopic (exact) mass is 834 g/mol. The number of methoxy groups -OCH3 is 2. The van der Waals surface area contributed by atoms with Gasteiger partial charge in [-0.15, -0.1) is 23.2 Å². The number of esters is 2. The summed E-state index contributed by atoms with van der Waals surface area (Å²) in [6.45, 7) is 4.77. The second-order valence-corrected chi connectivity index (χ2v) is 13.3. The molecule has 0 radical (unpaired) electrons. The first-order chi connectivity index (χ1) is 25.0. The molecule has 0 bridgehead atoms. The largest absolute Gasteiger partial charge is 0.495 e. The Morgan fingerprint density at radius 2 is 1.23 bits per heavy atom. The summed E-state index contributed by atoms with van der Waals surface area (Å²) in [5.41, 5.74) is 2.27. The van der Waals surface area contributed by atoms with Crippen molar-refractivity contribution in [1.82, 2.24) is 19.9 Å². The smallest absolute Gasteiger partial charge is 0.343 e. The SMILES string of the molecule is CCOC(=O)c1cnc(S(C)=O)nc1NCc1ccc(OC)c(Cl)c1.CCOC(=O)c1cnc(SC)nc1NCc1ccc(OC)c(Cl)c1.ClCCl. The second kappa shape index (κ2) is 23.9. The summed E-state index contributed by atoms with van der Waals surface area (Å²) in [7, 11) is 1.73. The van der Waals surface area contributed by atoms with Crippen LogP contribution in [0.1, 0.15) is 45.7 Å². The number of nitrogens with zero attached hydrogens (tertiary/aromatic N) is 4. The van der Waals surface area contributed by atoms with E-state index in [0.717, 1.165) is 11.1 Å². The zero-order valence-electron chi connectivity index (χ0n) is 29.1. The molecule has 4 aromatic rings. The number of alkyl halides is 2. The van der Waals surface area contributed by atoms with E-state index in [0.29, 0.717) is 51.2 Å². The summed E-state index contributed by atoms with van der Waals surface area (Å²) < 4.78 is 31.9. The van der Waals surface area contributed by atoms with E-state index in [1.54, 1.807) is 45.2 Å². The Balaban J connectivity index is 0.000000335. The van der Waals surface area contributed by atoms with E-state index in [1.807, 2.05) is 18.4 Å². The number of thioether (sulfide) groups is 1. The van der Waals surface area contributed by atoms with Crippen molar-refractivity contribution in [1.29, 1.82) is 0 Å². The summed E-state index contributed by atoms with van der Waals surface area (Å²) in [4.78, 5) is 40.7. The maximum atomic E-state index is 12.0. The highest BCUT2D eigenvalue weighted by molar-refractivity contribution is 7.98. The number of rotatable bonds is 14. The average Bonchev–Trinajstić information content (AvgIpc) is 3.13. The number of nitrogens with one attached hydrogen (secondary N) is 2. The summed E-state index contributed by atoms with van der Waals surface area (Å²) in [6.07, 6.45) is 6.12. The zero-order chi connectivity index (χ0) is 38.6. The van der Waals surface area contributed by atoms with Gasteiger partial charge in [0.15, 0.2) is 5.16 Å². The standard InChI is InChI=1S/C16H18ClN3O4S.C16H18ClN3O3S.CH2Cl2/c1-4-24-15(21)11-9-19-16(25(3)22)20-14(11)18-8-10-5-6-13(23-2)12(17)7-10;1-4-23-15(21)11-9-19-16(24-3)20-14(11)18-8-10-5-6-13(22-2)12(17)7-10;2-1-3/h5-7,9H,4,8H2,1-3H3,(H,18,19,20);5-7,9H,4,8H2,1-3H3,(H,18,19,20);1H2. The number of aromatic nitrogens is 4. The molecule has 4 rings (SSSR count). The van der Waals surface area contributed by atoms with Gasteiger partial charge in [-0.25, -0.2) is 29.5 Å². The molecular weight excluding hydrogens is 798 g/mol. The van der Waals surface area contributed by atoms with Crippen molar-refractivity contribution in [3.05, 3.63) is 81.1 Å². The molecule has 2 heterocycles. The van der Waals surface area contributed by atoms with Crippen LogP contribution in [0.4, 0.5) is 11.6 Å². The number of halogens is 4. The van der Waals surface area contributed by atoms with E-state index in [2.05, 4.69) is 30.6 Å². The van der Waals surface area contributed by atoms with Crippen LogP contribution in [0.5, 0.6) is 11.5 Å². The highest BCUT2D eigenvalue weighted by Gasteiger charge is 2.18. The lowest BCUT2D eigenvalue weighted by Gasteiger charge is -2.12. The first-order valence-electron chi connectivity index (χ1n) is 15.2. The van der Waals surface area contributed by atoms with Gasteiger partial charge in [-0.3, -0.25) is 4.21 Å². The lowest BCUT2D eigenvalue weighted by atomic mass is 10.2. The summed E-state index contributed by atoms with van der Waals surface area (Å²) in [5.74, 6) is 0.861. The third-order valence-corrected chi connectivity index (χ3v) is 8.18. The Hall–Kier alpha value is -3.60. The van der Waals surface area contributed by atoms with E-state index >= 15 is 0 Å². The molecule has 0 aliphatic carbocycles. The van der Waals surface area contributed by atoms with E-state index in [1.165, 1.54) is 37.5 Å². The van der Waals surface area contributed by atoms with Crippen molar-refractivity contribution in [3.63, 3.8) is 0 Å². The van der Waals surface area contributed by atoms with Crippen LogP contribution in [0.25, 0.3) is 0 Å². The Bertz CT molecular complexity index is 1810. The van der Waals surface area contributed by atoms with Gasteiger partial charge in [0.2, 0.25) is 5.16 Å². The molecule has 282 valence electrons. The van der Waals surface area contributed by atoms with Gasteiger partial charge in [-0.2, -0.15) is 0 Å². The van der Waals surface area contributed by atoms with Crippen LogP contribution in [0.2, 0.25) is 10.0 Å². The van der Waals surface area contributed by atoms with Crippen molar-refractivity contribution >= 4 is 92.5 Å². The number of benzene rings is 2. The molecule has 2 aromatic heterocycles. The van der Waals surface area contributed by atoms with Crippen LogP contribution in [0.3, 0.4) is 0 Å². The third-order valence-electron chi connectivity index (χ3n) is 6.32. The van der Waals surface area contributed by atoms with Gasteiger partial charge < -0.3 is 29.6 Å². The minimum Gasteiger partial charge on any atom is -0.495 e. The molecule has 1 atom stereocenters. The van der Waals surface area contributed by atoms with Crippen molar-refractivity contribution in [2.75, 3.05) is 55.9 Å². The highest BCUT2D eigenvalue weighted by atomic mass is 35.5. The van der Waals surface area contributed by atoms with Gasteiger partial charge >= 0.3 is 11.9 Å². The van der Waals surface area contributed by atoms with Gasteiger partial charge in [-0.1, -0.05) is 47.1 Å². The lowest BCUT2D eigenvalue weighted by Crippen LogP contribution is -2.14. The minimum atomic E-state index is -1.37. The number of carbonyl (C=O) groups is 2. The van der Waals surface area contributed by atoms with Crippen molar-refractivity contribution in [3.8, 4) is 11.5 Å². The van der Waals surface area contributed by atoms with Crippen LogP contribution >= 0.6 is 58.2 Å². The van der Waals surface area contributed by atoms with Crippen LogP contribution in [-0.2, 0) is 33.4 Å². The highest BCUT2D eigenvalue weighted by Crippen LogP contribution is 2.27. The predicted molar refractivity (Wildman–Crippen MR) is 207 cm³/mol. The van der Waals surface area contributed by atoms with Gasteiger partial charge in [0.25, 0.3) is 0 Å². The maximum Gasteiger partial charge on any atom is 0.343 e. The second-order valence-electron chi connectivity index (χ2n) is 9.67. The Morgan fingerprint density at radius 1 is 0.788 bits per heavy atom. The van der Waals surface area contributed by atoms with E-state index in [4.69, 9.17) is 65.4 Å². The van der Waals surface area contributed by atoms with Gasteiger partial charge in [0.05, 0.1) is 53.6 Å². The molecule has 1 unspecified atom stereocenters. The zero-order valence-corrected chi connectivity index (χ0v) is 33.8. The van der Waals surface area contributed by atoms with Gasteiger partial charge in [-0.05, 0) is 55.5 Å². The molecule has 19 heteroatoms. The number of hydrogen-bond donors (Lipinski definition) is 2. The summed E-state index contributed by atoms with van der Waals surface area (Å²) >= 11 is 23.2. The van der Waals surface area contributed by atoms with Crippen LogP contribution in [-0.4, -0.2) is 81.4 Å². The molecule has 13 nitrogen and oxygen atoms in total. The molecule has 0 fully saturated rings. The number of hydrogen-bond acceptors (Lipinski definition) is 14. The fourth-order valence-electron chi connectivity index (χ4n) is 3.97. The summed E-state index contributed by atoms with van der Waals surface area (Å²) in [6, 6.07) is 10.8. The number of ether oxygens (including phenoxy) is 4. The Kier molecular flexibility index (Phi) is 20.4. The number of carbonyl (C=O) groups excluding carboxylic acids is 2. The van der Waals surface area contributed by atoms with E-state index in [-0.39, 0.29) is 35.1 Å². The van der Waals surface area contributed by atoms with E-state index < -0.39 is 22.7 Å². The molecule has 2 N–H and O–H groups in total. The van der Waals surface area contributed by atoms with Crippen LogP contribution in [0, 0.1) is 0 Å². The Morgan fingerprint density at radius 3 is 1.62 bits per heavy atom. The van der Waals surface area contributed by atoms with Crippen LogP contribution < -0.4 is 20.1 Å². The molecule has 2 aromatic carbocycles. The van der Waals surface area contributed by atoms with Gasteiger partial charge in [0.1, 0.15) is 34.3 Å². The molecule has 0 amide bonds. The van der Waals surface area contributed by atoms with Crippen LogP contribution in [0.15, 0.2) is 59.1 Å². The maximum absolute atomic E-state index is 12.0. The normalized spacial score (nSPS) is 10.7. The fraction of sp³-hybridized carbons (Fsp3) is 0.333. The Labute approximate surface area is 329 Å². The van der Waals surface area contributed by atoms with Crippen molar-refractivity contribution in [2.45, 2.75) is 37.2 Å². The topological polar surface area (TPSA) is 164 Å². The minimum absolute atomic E-state index is 0.128. The molecular formula is C33H38Cl4N6O7S2. The fourth-order valence-corrected chi connectivity index (χ4v) is 5.29. The number of anilines is 2. The molecule has 0 saturated heterocycles. The first-order valence-corrected chi connectivity index (χ1v) is 19.8. The molecule has 52 heavy (non-hydrogen) atoms. The molecule has 0 saturated carbocycles. The van der Waals surface area contributed by atoms with Crippen molar-refractivity contribution in [2.24, 2.45) is 0 Å². The average molecular weight is 837 g/mol. The van der Waals surface area contributed by atoms with Gasteiger partial charge in [0, 0.05) is 31.7 Å². The van der Waals surface area contributed by atoms with E-state index in [9.17, 15) is 13.8 Å². The summed E-state index contributed by atoms with van der Waals surface area (Å²) in [5, 5.41) is 8.08. The molecule has 0 aliphatic heterocycles. The first kappa shape index (κ1) is 44.6.